The Kier molecular flexibility index (Phi) is 3.40. The number of aromatic nitrogens is 1. The number of pyridine rings is 1. The molecule has 0 aliphatic heterocycles. The number of fused-ring (bicyclic) bond motifs is 4. The summed E-state index contributed by atoms with van der Waals surface area (Å²) >= 11 is 0. The van der Waals surface area contributed by atoms with Gasteiger partial charge in [-0.25, -0.2) is 4.98 Å². The second-order valence-corrected chi connectivity index (χ2v) is 6.57. The maximum absolute atomic E-state index is 6.52. The molecule has 5 heteroatoms. The van der Waals surface area contributed by atoms with Crippen LogP contribution in [0.25, 0.3) is 38.7 Å². The van der Waals surface area contributed by atoms with Crippen LogP contribution in [0.4, 0.5) is 22.7 Å². The zero-order valence-corrected chi connectivity index (χ0v) is 14.8. The number of nitrogens with two attached hydrogens (primary N) is 4. The van der Waals surface area contributed by atoms with Crippen LogP contribution in [0.1, 0.15) is 18.1 Å². The maximum Gasteiger partial charge on any atom is 0.0830 e. The predicted octanol–water partition coefficient (Wildman–Crippen LogP) is 4.21. The van der Waals surface area contributed by atoms with Crippen LogP contribution in [-0.4, -0.2) is 4.98 Å². The van der Waals surface area contributed by atoms with Gasteiger partial charge in [0.25, 0.3) is 0 Å². The third-order valence-corrected chi connectivity index (χ3v) is 4.96. The second kappa shape index (κ2) is 5.52. The monoisotopic (exact) mass is 343 g/mol. The van der Waals surface area contributed by atoms with E-state index in [9.17, 15) is 0 Å². The van der Waals surface area contributed by atoms with Gasteiger partial charge in [0, 0.05) is 21.7 Å². The van der Waals surface area contributed by atoms with Crippen molar-refractivity contribution in [2.45, 2.75) is 13.8 Å². The normalized spacial score (nSPS) is 11.9. The minimum absolute atomic E-state index is 0.378. The zero-order chi connectivity index (χ0) is 18.6. The molecule has 26 heavy (non-hydrogen) atoms. The van der Waals surface area contributed by atoms with Crippen molar-refractivity contribution in [1.82, 2.24) is 4.98 Å². The Morgan fingerprint density at radius 2 is 1.54 bits per heavy atom. The molecule has 0 fully saturated rings. The number of benzene rings is 3. The lowest BCUT2D eigenvalue weighted by atomic mass is 9.97. The molecule has 0 atom stereocenters. The molecule has 3 aromatic carbocycles. The van der Waals surface area contributed by atoms with E-state index in [1.54, 1.807) is 0 Å². The number of allylic oxidation sites excluding steroid dienone is 1. The number of hydrogen-bond donors (Lipinski definition) is 4. The van der Waals surface area contributed by atoms with E-state index in [1.165, 1.54) is 0 Å². The first-order valence-corrected chi connectivity index (χ1v) is 8.45. The lowest BCUT2D eigenvalue weighted by Gasteiger charge is -2.15. The molecular weight excluding hydrogens is 322 g/mol. The number of rotatable bonds is 1. The third kappa shape index (κ3) is 2.07. The maximum atomic E-state index is 6.52. The van der Waals surface area contributed by atoms with Gasteiger partial charge in [0.05, 0.1) is 33.8 Å². The summed E-state index contributed by atoms with van der Waals surface area (Å²) in [6.07, 6.45) is 4.05. The van der Waals surface area contributed by atoms with Gasteiger partial charge in [-0.05, 0) is 30.9 Å². The van der Waals surface area contributed by atoms with Gasteiger partial charge < -0.3 is 22.9 Å². The highest BCUT2D eigenvalue weighted by Crippen LogP contribution is 2.40. The predicted molar refractivity (Wildman–Crippen MR) is 114 cm³/mol. The van der Waals surface area contributed by atoms with Crippen LogP contribution in [0.2, 0.25) is 0 Å². The molecule has 0 spiro atoms. The molecule has 8 N–H and O–H groups in total. The van der Waals surface area contributed by atoms with Gasteiger partial charge in [0.15, 0.2) is 0 Å². The fourth-order valence-corrected chi connectivity index (χ4v) is 3.56. The van der Waals surface area contributed by atoms with Crippen molar-refractivity contribution in [3.05, 3.63) is 47.5 Å². The minimum atomic E-state index is 0.378. The van der Waals surface area contributed by atoms with E-state index in [2.05, 4.69) is 19.1 Å². The largest absolute Gasteiger partial charge is 0.398 e. The standard InChI is InChI=1S/C21H21N5/c1-3-4-12-10(2)5-7-13-17(23)14-8-6-11-9-15(22)18(24)19(25)16(11)21(14)26-20(12)13/h3-9H,22,24-25H2,1-2H3,(H2,23,26)/b4-3-. The van der Waals surface area contributed by atoms with Crippen LogP contribution in [0, 0.1) is 6.92 Å². The molecule has 1 heterocycles. The van der Waals surface area contributed by atoms with Gasteiger partial charge >= 0.3 is 0 Å². The van der Waals surface area contributed by atoms with E-state index in [4.69, 9.17) is 27.9 Å². The summed E-state index contributed by atoms with van der Waals surface area (Å²) in [4.78, 5) is 4.97. The Bertz CT molecular complexity index is 1240. The highest BCUT2D eigenvalue weighted by molar-refractivity contribution is 6.21. The molecule has 0 aliphatic rings. The van der Waals surface area contributed by atoms with Crippen LogP contribution in [0.5, 0.6) is 0 Å². The van der Waals surface area contributed by atoms with Crippen molar-refractivity contribution >= 4 is 61.4 Å². The highest BCUT2D eigenvalue weighted by Gasteiger charge is 2.16. The number of aryl methyl sites for hydroxylation is 1. The Hall–Kier alpha value is -3.47. The fourth-order valence-electron chi connectivity index (χ4n) is 3.56. The summed E-state index contributed by atoms with van der Waals surface area (Å²) in [7, 11) is 0. The fraction of sp³-hybridized carbons (Fsp3) is 0.0952. The SMILES string of the molecule is C/C=C\c1c(C)ccc2c(N)c3ccc4cc(N)c(N)c(N)c4c3nc12. The van der Waals surface area contributed by atoms with E-state index in [-0.39, 0.29) is 0 Å². The minimum Gasteiger partial charge on any atom is -0.398 e. The molecule has 1 aromatic heterocycles. The van der Waals surface area contributed by atoms with Crippen molar-refractivity contribution in [3.63, 3.8) is 0 Å². The molecule has 5 nitrogen and oxygen atoms in total. The number of anilines is 4. The molecule has 0 saturated heterocycles. The van der Waals surface area contributed by atoms with Gasteiger partial charge in [-0.1, -0.05) is 36.4 Å². The third-order valence-electron chi connectivity index (χ3n) is 4.96. The number of nitrogen functional groups attached to an aromatic ring is 4. The summed E-state index contributed by atoms with van der Waals surface area (Å²) < 4.78 is 0. The van der Waals surface area contributed by atoms with Crippen molar-refractivity contribution in [2.24, 2.45) is 0 Å². The number of nitrogens with zero attached hydrogens (tertiary/aromatic N) is 1. The van der Waals surface area contributed by atoms with E-state index in [0.717, 1.165) is 43.7 Å². The smallest absolute Gasteiger partial charge is 0.0830 e. The first-order chi connectivity index (χ1) is 12.4. The Morgan fingerprint density at radius 3 is 2.27 bits per heavy atom. The molecule has 0 aliphatic carbocycles. The summed E-state index contributed by atoms with van der Waals surface area (Å²) in [6.45, 7) is 4.05. The lowest BCUT2D eigenvalue weighted by Crippen LogP contribution is -2.02. The molecule has 0 amide bonds. The van der Waals surface area contributed by atoms with Gasteiger partial charge in [0.2, 0.25) is 0 Å². The van der Waals surface area contributed by atoms with E-state index < -0.39 is 0 Å². The van der Waals surface area contributed by atoms with E-state index in [0.29, 0.717) is 22.7 Å². The molecular formula is C21H21N5. The molecule has 4 aromatic rings. The quantitative estimate of drug-likeness (QED) is 0.235. The van der Waals surface area contributed by atoms with Crippen molar-refractivity contribution in [1.29, 1.82) is 0 Å². The van der Waals surface area contributed by atoms with Crippen LogP contribution in [0.3, 0.4) is 0 Å². The second-order valence-electron chi connectivity index (χ2n) is 6.57. The van der Waals surface area contributed by atoms with E-state index >= 15 is 0 Å². The number of hydrogen-bond acceptors (Lipinski definition) is 5. The Balaban J connectivity index is 2.30. The average molecular weight is 343 g/mol. The molecule has 130 valence electrons. The zero-order valence-electron chi connectivity index (χ0n) is 14.8. The Labute approximate surface area is 151 Å². The lowest BCUT2D eigenvalue weighted by molar-refractivity contribution is 1.42. The summed E-state index contributed by atoms with van der Waals surface area (Å²) in [5.74, 6) is 0. The van der Waals surface area contributed by atoms with Crippen LogP contribution < -0.4 is 22.9 Å². The first kappa shape index (κ1) is 16.0. The molecule has 0 unspecified atom stereocenters. The molecule has 4 rings (SSSR count). The van der Waals surface area contributed by atoms with Crippen molar-refractivity contribution in [2.75, 3.05) is 22.9 Å². The first-order valence-electron chi connectivity index (χ1n) is 8.45. The van der Waals surface area contributed by atoms with Crippen LogP contribution >= 0.6 is 0 Å². The van der Waals surface area contributed by atoms with Crippen molar-refractivity contribution < 1.29 is 0 Å². The van der Waals surface area contributed by atoms with Crippen molar-refractivity contribution in [3.8, 4) is 0 Å². The summed E-state index contributed by atoms with van der Waals surface area (Å²) in [6, 6.07) is 9.82. The summed E-state index contributed by atoms with van der Waals surface area (Å²) in [5, 5.41) is 3.47. The van der Waals surface area contributed by atoms with Gasteiger partial charge in [-0.15, -0.1) is 0 Å². The van der Waals surface area contributed by atoms with Crippen LogP contribution in [0.15, 0.2) is 36.4 Å². The molecule has 0 radical (unpaired) electrons. The van der Waals surface area contributed by atoms with Gasteiger partial charge in [0.1, 0.15) is 0 Å². The summed E-state index contributed by atoms with van der Waals surface area (Å²) in [5.41, 5.74) is 30.6. The molecule has 0 bridgehead atoms. The topological polar surface area (TPSA) is 117 Å². The van der Waals surface area contributed by atoms with Gasteiger partial charge in [-0.3, -0.25) is 0 Å². The Morgan fingerprint density at radius 1 is 0.846 bits per heavy atom. The highest BCUT2D eigenvalue weighted by atomic mass is 14.8. The van der Waals surface area contributed by atoms with Crippen LogP contribution in [-0.2, 0) is 0 Å². The van der Waals surface area contributed by atoms with E-state index in [1.807, 2.05) is 37.3 Å². The average Bonchev–Trinajstić information content (AvgIpc) is 2.62. The van der Waals surface area contributed by atoms with Gasteiger partial charge in [-0.2, -0.15) is 0 Å². The molecule has 0 saturated carbocycles.